The summed E-state index contributed by atoms with van der Waals surface area (Å²) in [5.41, 5.74) is 0. The number of rotatable bonds is 3. The summed E-state index contributed by atoms with van der Waals surface area (Å²) < 4.78 is 0. The zero-order chi connectivity index (χ0) is 14.9. The van der Waals surface area contributed by atoms with Crippen LogP contribution < -0.4 is 4.90 Å². The van der Waals surface area contributed by atoms with E-state index in [0.29, 0.717) is 0 Å². The number of piperazine rings is 1. The molecule has 0 N–H and O–H groups in total. The summed E-state index contributed by atoms with van der Waals surface area (Å²) in [6.45, 7) is 7.45. The second-order valence-corrected chi connectivity index (χ2v) is 7.88. The van der Waals surface area contributed by atoms with Gasteiger partial charge in [-0.15, -0.1) is 22.7 Å². The monoisotopic (exact) mass is 330 g/mol. The molecule has 22 heavy (non-hydrogen) atoms. The van der Waals surface area contributed by atoms with Gasteiger partial charge in [-0.25, -0.2) is 9.97 Å². The number of fused-ring (bicyclic) bond motifs is 1. The second-order valence-electron chi connectivity index (χ2n) is 5.62. The van der Waals surface area contributed by atoms with E-state index in [-0.39, 0.29) is 0 Å². The van der Waals surface area contributed by atoms with Crippen molar-refractivity contribution >= 4 is 38.7 Å². The topological polar surface area (TPSA) is 32.3 Å². The first-order valence-electron chi connectivity index (χ1n) is 7.50. The van der Waals surface area contributed by atoms with Crippen LogP contribution in [0.4, 0.5) is 5.82 Å². The maximum Gasteiger partial charge on any atom is 0.140 e. The Morgan fingerprint density at radius 1 is 1.18 bits per heavy atom. The van der Waals surface area contributed by atoms with Crippen LogP contribution in [-0.2, 0) is 6.54 Å². The molecule has 4 heterocycles. The van der Waals surface area contributed by atoms with E-state index in [1.54, 1.807) is 17.7 Å². The molecule has 0 saturated carbocycles. The van der Waals surface area contributed by atoms with Crippen molar-refractivity contribution in [1.29, 1.82) is 0 Å². The molecule has 1 aliphatic heterocycles. The zero-order valence-corrected chi connectivity index (χ0v) is 14.2. The Labute approximate surface area is 138 Å². The summed E-state index contributed by atoms with van der Waals surface area (Å²) in [7, 11) is 0. The van der Waals surface area contributed by atoms with Crippen LogP contribution in [0.15, 0.2) is 29.9 Å². The van der Waals surface area contributed by atoms with E-state index in [1.807, 2.05) is 11.3 Å². The van der Waals surface area contributed by atoms with Crippen molar-refractivity contribution in [3.63, 3.8) is 0 Å². The highest BCUT2D eigenvalue weighted by Gasteiger charge is 2.20. The molecule has 1 aliphatic rings. The molecule has 4 nitrogen and oxygen atoms in total. The molecule has 0 radical (unpaired) electrons. The Morgan fingerprint density at radius 3 is 2.82 bits per heavy atom. The highest BCUT2D eigenvalue weighted by molar-refractivity contribution is 7.18. The van der Waals surface area contributed by atoms with Gasteiger partial charge in [-0.1, -0.05) is 6.07 Å². The van der Waals surface area contributed by atoms with Crippen molar-refractivity contribution in [2.24, 2.45) is 0 Å². The molecule has 1 saturated heterocycles. The Hall–Kier alpha value is -1.50. The van der Waals surface area contributed by atoms with Crippen LogP contribution in [0.25, 0.3) is 10.2 Å². The average molecular weight is 330 g/mol. The van der Waals surface area contributed by atoms with Gasteiger partial charge in [-0.05, 0) is 24.4 Å². The molecule has 6 heteroatoms. The summed E-state index contributed by atoms with van der Waals surface area (Å²) in [5, 5.41) is 3.36. The normalized spacial score (nSPS) is 16.5. The van der Waals surface area contributed by atoms with E-state index in [0.717, 1.165) is 43.4 Å². The average Bonchev–Trinajstić information content (AvgIpc) is 3.16. The summed E-state index contributed by atoms with van der Waals surface area (Å²) in [6, 6.07) is 6.57. The lowest BCUT2D eigenvalue weighted by Crippen LogP contribution is -2.46. The smallest absolute Gasteiger partial charge is 0.140 e. The van der Waals surface area contributed by atoms with E-state index in [9.17, 15) is 0 Å². The molecular formula is C16H18N4S2. The number of hydrogen-bond acceptors (Lipinski definition) is 6. The van der Waals surface area contributed by atoms with Gasteiger partial charge in [0, 0.05) is 42.5 Å². The molecule has 0 atom stereocenters. The Kier molecular flexibility index (Phi) is 3.82. The van der Waals surface area contributed by atoms with Gasteiger partial charge in [-0.2, -0.15) is 0 Å². The predicted octanol–water partition coefficient (Wildman–Crippen LogP) is 3.38. The molecule has 1 fully saturated rings. The van der Waals surface area contributed by atoms with Crippen molar-refractivity contribution in [2.75, 3.05) is 31.1 Å². The van der Waals surface area contributed by atoms with Crippen molar-refractivity contribution in [3.05, 3.63) is 39.7 Å². The zero-order valence-electron chi connectivity index (χ0n) is 12.5. The third-order valence-corrected chi connectivity index (χ3v) is 5.88. The van der Waals surface area contributed by atoms with Gasteiger partial charge in [0.2, 0.25) is 0 Å². The lowest BCUT2D eigenvalue weighted by molar-refractivity contribution is 0.251. The minimum absolute atomic E-state index is 1.03. The van der Waals surface area contributed by atoms with Crippen molar-refractivity contribution in [2.45, 2.75) is 13.5 Å². The number of anilines is 1. The van der Waals surface area contributed by atoms with Crippen LogP contribution >= 0.6 is 22.7 Å². The number of aryl methyl sites for hydroxylation is 1. The Bertz CT molecular complexity index is 758. The molecule has 0 aromatic carbocycles. The van der Waals surface area contributed by atoms with E-state index >= 15 is 0 Å². The van der Waals surface area contributed by atoms with Gasteiger partial charge in [0.1, 0.15) is 17.0 Å². The SMILES string of the molecule is Cc1cc2c(N3CCN(Cc4cccs4)CC3)ncnc2s1. The van der Waals surface area contributed by atoms with Crippen LogP contribution in [0.1, 0.15) is 9.75 Å². The van der Waals surface area contributed by atoms with Gasteiger partial charge in [0.05, 0.1) is 5.39 Å². The number of hydrogen-bond donors (Lipinski definition) is 0. The van der Waals surface area contributed by atoms with Gasteiger partial charge in [0.25, 0.3) is 0 Å². The molecule has 0 spiro atoms. The molecule has 4 rings (SSSR count). The van der Waals surface area contributed by atoms with Crippen molar-refractivity contribution in [1.82, 2.24) is 14.9 Å². The predicted molar refractivity (Wildman–Crippen MR) is 94.0 cm³/mol. The third kappa shape index (κ3) is 2.74. The molecule has 0 unspecified atom stereocenters. The van der Waals surface area contributed by atoms with Crippen LogP contribution in [0.2, 0.25) is 0 Å². The number of thiophene rings is 2. The van der Waals surface area contributed by atoms with Crippen LogP contribution in [0.5, 0.6) is 0 Å². The van der Waals surface area contributed by atoms with Gasteiger partial charge in [-0.3, -0.25) is 4.90 Å². The van der Waals surface area contributed by atoms with Crippen LogP contribution in [0.3, 0.4) is 0 Å². The van der Waals surface area contributed by atoms with Gasteiger partial charge < -0.3 is 4.90 Å². The summed E-state index contributed by atoms with van der Waals surface area (Å²) in [4.78, 5) is 17.7. The fraction of sp³-hybridized carbons (Fsp3) is 0.375. The Morgan fingerprint density at radius 2 is 2.05 bits per heavy atom. The highest BCUT2D eigenvalue weighted by atomic mass is 32.1. The Balaban J connectivity index is 1.48. The fourth-order valence-corrected chi connectivity index (χ4v) is 4.54. The van der Waals surface area contributed by atoms with E-state index in [1.165, 1.54) is 15.1 Å². The molecule has 3 aromatic heterocycles. The first-order valence-corrected chi connectivity index (χ1v) is 9.20. The van der Waals surface area contributed by atoms with E-state index < -0.39 is 0 Å². The molecule has 3 aromatic rings. The third-order valence-electron chi connectivity index (χ3n) is 4.06. The largest absolute Gasteiger partial charge is 0.353 e. The number of aromatic nitrogens is 2. The standard InChI is InChI=1S/C16H18N4S2/c1-12-9-14-15(17-11-18-16(14)22-12)20-6-4-19(5-7-20)10-13-3-2-8-21-13/h2-3,8-9,11H,4-7,10H2,1H3. The molecule has 114 valence electrons. The maximum absolute atomic E-state index is 4.55. The molecule has 0 aliphatic carbocycles. The summed E-state index contributed by atoms with van der Waals surface area (Å²) >= 11 is 3.59. The van der Waals surface area contributed by atoms with Crippen LogP contribution in [0, 0.1) is 6.92 Å². The summed E-state index contributed by atoms with van der Waals surface area (Å²) in [5.74, 6) is 1.10. The van der Waals surface area contributed by atoms with Crippen molar-refractivity contribution < 1.29 is 0 Å². The summed E-state index contributed by atoms with van der Waals surface area (Å²) in [6.07, 6.45) is 1.70. The number of nitrogens with zero attached hydrogens (tertiary/aromatic N) is 4. The molecular weight excluding hydrogens is 312 g/mol. The van der Waals surface area contributed by atoms with Gasteiger partial charge >= 0.3 is 0 Å². The first-order chi connectivity index (χ1) is 10.8. The van der Waals surface area contributed by atoms with E-state index in [2.05, 4.69) is 50.3 Å². The minimum Gasteiger partial charge on any atom is -0.353 e. The lowest BCUT2D eigenvalue weighted by atomic mass is 10.2. The fourth-order valence-electron chi connectivity index (χ4n) is 2.96. The first kappa shape index (κ1) is 14.1. The molecule has 0 amide bonds. The van der Waals surface area contributed by atoms with Crippen LogP contribution in [-0.4, -0.2) is 41.0 Å². The molecule has 0 bridgehead atoms. The second kappa shape index (κ2) is 5.95. The van der Waals surface area contributed by atoms with Gasteiger partial charge in [0.15, 0.2) is 0 Å². The van der Waals surface area contributed by atoms with Crippen molar-refractivity contribution in [3.8, 4) is 0 Å². The maximum atomic E-state index is 4.55. The highest BCUT2D eigenvalue weighted by Crippen LogP contribution is 2.30. The quantitative estimate of drug-likeness (QED) is 0.737. The van der Waals surface area contributed by atoms with E-state index in [4.69, 9.17) is 0 Å². The minimum atomic E-state index is 1.03. The lowest BCUT2D eigenvalue weighted by Gasteiger charge is -2.35.